The lowest BCUT2D eigenvalue weighted by molar-refractivity contribution is -0.155. The van der Waals surface area contributed by atoms with Crippen molar-refractivity contribution in [3.8, 4) is 0 Å². The molecule has 0 spiro atoms. The van der Waals surface area contributed by atoms with Crippen molar-refractivity contribution in [1.82, 2.24) is 0 Å². The maximum absolute atomic E-state index is 11.8. The van der Waals surface area contributed by atoms with Gasteiger partial charge in [-0.1, -0.05) is 58.9 Å². The molecule has 3 saturated carbocycles. The van der Waals surface area contributed by atoms with E-state index in [9.17, 15) is 15.3 Å². The molecule has 3 N–H and O–H groups in total. The number of fused-ring (bicyclic) bond motifs is 1. The zero-order valence-electron chi connectivity index (χ0n) is 20.5. The largest absolute Gasteiger partial charge is 0.393 e. The van der Waals surface area contributed by atoms with Crippen LogP contribution in [0.3, 0.4) is 0 Å². The van der Waals surface area contributed by atoms with Gasteiger partial charge >= 0.3 is 0 Å². The Hall–Kier alpha value is -0.900. The molecule has 3 heteroatoms. The summed E-state index contributed by atoms with van der Waals surface area (Å²) in [6, 6.07) is 0. The average molecular weight is 431 g/mol. The molecule has 0 radical (unpaired) electrons. The molecule has 0 amide bonds. The Morgan fingerprint density at radius 3 is 2.45 bits per heavy atom. The molecule has 3 fully saturated rings. The molecule has 0 heterocycles. The summed E-state index contributed by atoms with van der Waals surface area (Å²) in [6.07, 6.45) is 12.2. The second-order valence-corrected chi connectivity index (χ2v) is 11.6. The minimum Gasteiger partial charge on any atom is -0.393 e. The van der Waals surface area contributed by atoms with Crippen molar-refractivity contribution in [2.75, 3.05) is 0 Å². The van der Waals surface area contributed by atoms with E-state index in [0.717, 1.165) is 49.7 Å². The highest BCUT2D eigenvalue weighted by molar-refractivity contribution is 5.33. The highest BCUT2D eigenvalue weighted by Crippen LogP contribution is 2.61. The van der Waals surface area contributed by atoms with Crippen LogP contribution in [0.5, 0.6) is 0 Å². The Bertz CT molecular complexity index is 707. The highest BCUT2D eigenvalue weighted by atomic mass is 16.3. The second-order valence-electron chi connectivity index (χ2n) is 11.6. The van der Waals surface area contributed by atoms with Gasteiger partial charge in [-0.2, -0.15) is 0 Å². The molecule has 3 aliphatic rings. The van der Waals surface area contributed by atoms with Crippen molar-refractivity contribution in [1.29, 1.82) is 0 Å². The fourth-order valence-corrected chi connectivity index (χ4v) is 6.82. The molecule has 0 saturated heterocycles. The van der Waals surface area contributed by atoms with E-state index in [1.54, 1.807) is 0 Å². The lowest BCUT2D eigenvalue weighted by atomic mass is 9.56. The third-order valence-corrected chi connectivity index (χ3v) is 9.27. The van der Waals surface area contributed by atoms with Crippen LogP contribution in [0.25, 0.3) is 0 Å². The van der Waals surface area contributed by atoms with Crippen LogP contribution >= 0.6 is 0 Å². The van der Waals surface area contributed by atoms with E-state index in [2.05, 4.69) is 53.3 Å². The lowest BCUT2D eigenvalue weighted by Gasteiger charge is -2.52. The minimum absolute atomic E-state index is 0.0421. The number of allylic oxidation sites excluding steroid dienone is 3. The fraction of sp³-hybridized carbons (Fsp3) is 0.786. The smallest absolute Gasteiger partial charge is 0.102 e. The van der Waals surface area contributed by atoms with Crippen molar-refractivity contribution in [3.63, 3.8) is 0 Å². The van der Waals surface area contributed by atoms with Crippen LogP contribution in [0.1, 0.15) is 86.0 Å². The number of aliphatic hydroxyl groups is 3. The van der Waals surface area contributed by atoms with E-state index in [4.69, 9.17) is 0 Å². The van der Waals surface area contributed by atoms with Crippen molar-refractivity contribution in [3.05, 3.63) is 36.0 Å². The molecule has 0 aromatic rings. The summed E-state index contributed by atoms with van der Waals surface area (Å²) in [5.74, 6) is 2.33. The van der Waals surface area contributed by atoms with Gasteiger partial charge in [0.1, 0.15) is 6.10 Å². The summed E-state index contributed by atoms with van der Waals surface area (Å²) in [7, 11) is 0. The molecule has 31 heavy (non-hydrogen) atoms. The van der Waals surface area contributed by atoms with Gasteiger partial charge in [-0.25, -0.2) is 0 Å². The first-order chi connectivity index (χ1) is 14.5. The Morgan fingerprint density at radius 1 is 1.06 bits per heavy atom. The summed E-state index contributed by atoms with van der Waals surface area (Å²) < 4.78 is 0. The number of rotatable bonds is 6. The molecule has 8 atom stereocenters. The molecular weight excluding hydrogens is 384 g/mol. The Labute approximate surface area is 190 Å². The Kier molecular flexibility index (Phi) is 7.61. The minimum atomic E-state index is -1.09. The molecule has 3 rings (SSSR count). The van der Waals surface area contributed by atoms with Gasteiger partial charge in [-0.3, -0.25) is 0 Å². The van der Waals surface area contributed by atoms with E-state index in [1.165, 1.54) is 0 Å². The molecule has 0 aromatic carbocycles. The van der Waals surface area contributed by atoms with E-state index < -0.39 is 11.7 Å². The molecule has 3 nitrogen and oxygen atoms in total. The zero-order valence-corrected chi connectivity index (χ0v) is 20.5. The summed E-state index contributed by atoms with van der Waals surface area (Å²) in [6.45, 7) is 15.6. The van der Waals surface area contributed by atoms with Crippen LogP contribution < -0.4 is 0 Å². The maximum Gasteiger partial charge on any atom is 0.102 e. The van der Waals surface area contributed by atoms with Crippen molar-refractivity contribution < 1.29 is 15.3 Å². The van der Waals surface area contributed by atoms with Gasteiger partial charge in [0.2, 0.25) is 0 Å². The van der Waals surface area contributed by atoms with E-state index in [-0.39, 0.29) is 17.4 Å². The topological polar surface area (TPSA) is 60.7 Å². The summed E-state index contributed by atoms with van der Waals surface area (Å²) in [5.41, 5.74) is 0.876. The van der Waals surface area contributed by atoms with E-state index >= 15 is 0 Å². The van der Waals surface area contributed by atoms with Gasteiger partial charge in [-0.15, -0.1) is 0 Å². The lowest BCUT2D eigenvalue weighted by Crippen LogP contribution is -2.56. The van der Waals surface area contributed by atoms with Crippen LogP contribution in [0.4, 0.5) is 0 Å². The third-order valence-electron chi connectivity index (χ3n) is 9.27. The maximum atomic E-state index is 11.8. The first kappa shape index (κ1) is 24.7. The average Bonchev–Trinajstić information content (AvgIpc) is 3.07. The quantitative estimate of drug-likeness (QED) is 0.466. The predicted octanol–water partition coefficient (Wildman–Crippen LogP) is 5.81. The first-order valence-corrected chi connectivity index (χ1v) is 12.6. The van der Waals surface area contributed by atoms with Gasteiger partial charge in [-0.05, 0) is 98.0 Å². The van der Waals surface area contributed by atoms with Crippen LogP contribution in [0, 0.1) is 35.0 Å². The summed E-state index contributed by atoms with van der Waals surface area (Å²) in [4.78, 5) is 0. The summed E-state index contributed by atoms with van der Waals surface area (Å²) in [5, 5.41) is 33.2. The number of aliphatic hydroxyl groups excluding tert-OH is 2. The van der Waals surface area contributed by atoms with Crippen LogP contribution in [0.15, 0.2) is 36.0 Å². The molecule has 176 valence electrons. The number of hydrogen-bond acceptors (Lipinski definition) is 3. The molecule has 3 aliphatic carbocycles. The standard InChI is InChI=1S/C28H46O3/c1-18(2)19(3)8-9-21(5)24-12-13-25-27(24,6)14-7-15-28(25,31)26(30)17-22-16-23(29)11-10-20(22)4/h8-9,17-19,21,23-26,29-31H,4,7,10-16H2,1-3,5-6H3/b9-8+,22-17-/t19-,21+,23-,24+,25+,26+,27+,28+/m1/s1. The highest BCUT2D eigenvalue weighted by Gasteiger charge is 2.59. The Balaban J connectivity index is 1.80. The van der Waals surface area contributed by atoms with Gasteiger partial charge < -0.3 is 15.3 Å². The van der Waals surface area contributed by atoms with Crippen molar-refractivity contribution >= 4 is 0 Å². The van der Waals surface area contributed by atoms with Crippen LogP contribution in [-0.4, -0.2) is 33.1 Å². The van der Waals surface area contributed by atoms with E-state index in [0.29, 0.717) is 36.5 Å². The SMILES string of the molecule is C=C1CC[C@@H](O)C/C1=C/[C@H](O)[C@]1(O)CCC[C@@]2(C)[C@H]([C@@H](C)/C=C/[C@@H](C)C(C)C)CC[C@@H]21. The molecule has 0 unspecified atom stereocenters. The fourth-order valence-electron chi connectivity index (χ4n) is 6.82. The normalized spacial score (nSPS) is 41.0. The van der Waals surface area contributed by atoms with Crippen molar-refractivity contribution in [2.24, 2.45) is 35.0 Å². The van der Waals surface area contributed by atoms with Crippen LogP contribution in [0.2, 0.25) is 0 Å². The van der Waals surface area contributed by atoms with Crippen molar-refractivity contribution in [2.45, 2.75) is 104 Å². The van der Waals surface area contributed by atoms with Gasteiger partial charge in [0.05, 0.1) is 11.7 Å². The molecule has 0 aliphatic heterocycles. The third kappa shape index (κ3) is 4.89. The van der Waals surface area contributed by atoms with Crippen LogP contribution in [-0.2, 0) is 0 Å². The van der Waals surface area contributed by atoms with Gasteiger partial charge in [0.15, 0.2) is 0 Å². The molecule has 0 aromatic heterocycles. The monoisotopic (exact) mass is 430 g/mol. The molecule has 0 bridgehead atoms. The van der Waals surface area contributed by atoms with Gasteiger partial charge in [0, 0.05) is 0 Å². The van der Waals surface area contributed by atoms with E-state index in [1.807, 2.05) is 6.08 Å². The molecular formula is C28H46O3. The Morgan fingerprint density at radius 2 is 1.77 bits per heavy atom. The van der Waals surface area contributed by atoms with Gasteiger partial charge in [0.25, 0.3) is 0 Å². The second kappa shape index (κ2) is 9.53. The zero-order chi connectivity index (χ0) is 23.0. The summed E-state index contributed by atoms with van der Waals surface area (Å²) >= 11 is 0. The first-order valence-electron chi connectivity index (χ1n) is 12.6. The predicted molar refractivity (Wildman–Crippen MR) is 129 cm³/mol. The number of hydrogen-bond donors (Lipinski definition) is 3.